The maximum Gasteiger partial charge on any atom is 0.283 e. The summed E-state index contributed by atoms with van der Waals surface area (Å²) in [6, 6.07) is 5.98. The Morgan fingerprint density at radius 2 is 1.88 bits per heavy atom. The van der Waals surface area contributed by atoms with Gasteiger partial charge in [0.05, 0.1) is 17.5 Å². The summed E-state index contributed by atoms with van der Waals surface area (Å²) in [5, 5.41) is 4.83. The highest BCUT2D eigenvalue weighted by Crippen LogP contribution is 2.29. The first-order valence-electron chi connectivity index (χ1n) is 13.3. The molecule has 2 N–H and O–H groups in total. The fourth-order valence-electron chi connectivity index (χ4n) is 5.65. The number of sulfonamides is 2. The van der Waals surface area contributed by atoms with E-state index < -0.39 is 26.1 Å². The van der Waals surface area contributed by atoms with E-state index in [0.717, 1.165) is 23.4 Å². The van der Waals surface area contributed by atoms with Crippen molar-refractivity contribution in [3.63, 3.8) is 0 Å². The van der Waals surface area contributed by atoms with Crippen LogP contribution in [-0.2, 0) is 33.0 Å². The number of carbonyl (C=O) groups excluding carboxylic acids is 1. The van der Waals surface area contributed by atoms with Gasteiger partial charge in [0, 0.05) is 72.5 Å². The van der Waals surface area contributed by atoms with Crippen LogP contribution in [0.25, 0.3) is 10.9 Å². The number of piperazine rings is 1. The largest absolute Gasteiger partial charge is 0.345 e. The normalized spacial score (nSPS) is 23.1. The number of benzene rings is 1. The first-order valence-corrected chi connectivity index (χ1v) is 17.5. The quantitative estimate of drug-likeness (QED) is 0.428. The minimum atomic E-state index is -4.00. The van der Waals surface area contributed by atoms with Crippen LogP contribution in [0.15, 0.2) is 29.3 Å². The SMILES string of the molecule is CC1Cc2nc(C(=O)N3CCN(S(=O)(=O)c4cc5cc(Cl)ccc5[nH]4)CC3CS(=O)(=O)N3CCCC3)sc2CN1. The van der Waals surface area contributed by atoms with Gasteiger partial charge in [-0.2, -0.15) is 4.31 Å². The van der Waals surface area contributed by atoms with E-state index in [1.54, 1.807) is 18.2 Å². The minimum absolute atomic E-state index is 0.0000817. The molecule has 11 nitrogen and oxygen atoms in total. The zero-order chi connectivity index (χ0) is 28.2. The monoisotopic (exact) mass is 626 g/mol. The molecule has 15 heteroatoms. The molecule has 3 aromatic rings. The first-order chi connectivity index (χ1) is 19.0. The Hall–Kier alpha value is -2.07. The molecule has 3 aliphatic heterocycles. The fourth-order valence-corrected chi connectivity index (χ4v) is 10.1. The zero-order valence-electron chi connectivity index (χ0n) is 22.0. The van der Waals surface area contributed by atoms with Gasteiger partial charge < -0.3 is 15.2 Å². The number of carbonyl (C=O) groups is 1. The van der Waals surface area contributed by atoms with Crippen molar-refractivity contribution in [1.82, 2.24) is 28.8 Å². The zero-order valence-corrected chi connectivity index (χ0v) is 25.2. The summed E-state index contributed by atoms with van der Waals surface area (Å²) < 4.78 is 56.8. The van der Waals surface area contributed by atoms with Gasteiger partial charge in [-0.05, 0) is 44.0 Å². The number of aromatic nitrogens is 2. The van der Waals surface area contributed by atoms with Gasteiger partial charge >= 0.3 is 0 Å². The molecule has 2 aromatic heterocycles. The number of nitrogens with one attached hydrogen (secondary N) is 2. The molecule has 0 saturated carbocycles. The fraction of sp³-hybridized carbons (Fsp3) is 0.520. The van der Waals surface area contributed by atoms with Gasteiger partial charge in [0.25, 0.3) is 15.9 Å². The summed E-state index contributed by atoms with van der Waals surface area (Å²) in [5.41, 5.74) is 1.52. The molecule has 2 fully saturated rings. The van der Waals surface area contributed by atoms with E-state index >= 15 is 0 Å². The van der Waals surface area contributed by atoms with Crippen LogP contribution >= 0.6 is 22.9 Å². The van der Waals surface area contributed by atoms with Crippen molar-refractivity contribution in [2.75, 3.05) is 38.5 Å². The summed E-state index contributed by atoms with van der Waals surface area (Å²) in [7, 11) is -7.71. The first kappa shape index (κ1) is 28.1. The van der Waals surface area contributed by atoms with Crippen LogP contribution in [-0.4, -0.2) is 96.8 Å². The second kappa shape index (κ2) is 10.6. The highest BCUT2D eigenvalue weighted by molar-refractivity contribution is 7.89. The van der Waals surface area contributed by atoms with Crippen LogP contribution < -0.4 is 5.32 Å². The van der Waals surface area contributed by atoms with Gasteiger partial charge in [-0.3, -0.25) is 4.79 Å². The molecule has 0 radical (unpaired) electrons. The number of halogens is 1. The lowest BCUT2D eigenvalue weighted by molar-refractivity contribution is 0.0593. The number of hydrogen-bond donors (Lipinski definition) is 2. The Bertz CT molecular complexity index is 1660. The third-order valence-electron chi connectivity index (χ3n) is 7.82. The van der Waals surface area contributed by atoms with E-state index in [1.807, 2.05) is 0 Å². The molecule has 3 aliphatic rings. The van der Waals surface area contributed by atoms with Crippen molar-refractivity contribution in [2.24, 2.45) is 0 Å². The lowest BCUT2D eigenvalue weighted by Gasteiger charge is -2.40. The molecular weight excluding hydrogens is 596 g/mol. The maximum atomic E-state index is 13.8. The van der Waals surface area contributed by atoms with E-state index in [2.05, 4.69) is 22.2 Å². The molecule has 40 heavy (non-hydrogen) atoms. The molecule has 0 spiro atoms. The molecule has 216 valence electrons. The third-order valence-corrected chi connectivity index (χ3v) is 12.9. The minimum Gasteiger partial charge on any atom is -0.345 e. The van der Waals surface area contributed by atoms with Crippen molar-refractivity contribution >= 4 is 59.8 Å². The Morgan fingerprint density at radius 3 is 2.65 bits per heavy atom. The van der Waals surface area contributed by atoms with Gasteiger partial charge in [0.2, 0.25) is 10.0 Å². The van der Waals surface area contributed by atoms with Crippen LogP contribution in [0.2, 0.25) is 5.02 Å². The van der Waals surface area contributed by atoms with Crippen LogP contribution in [0.4, 0.5) is 0 Å². The molecule has 0 aliphatic carbocycles. The summed E-state index contributed by atoms with van der Waals surface area (Å²) >= 11 is 7.40. The number of fused-ring (bicyclic) bond motifs is 2. The van der Waals surface area contributed by atoms with E-state index in [4.69, 9.17) is 11.6 Å². The second-order valence-corrected chi connectivity index (χ2v) is 16.1. The number of hydrogen-bond acceptors (Lipinski definition) is 8. The molecule has 2 unspecified atom stereocenters. The van der Waals surface area contributed by atoms with E-state index in [9.17, 15) is 21.6 Å². The average molecular weight is 627 g/mol. The summed E-state index contributed by atoms with van der Waals surface area (Å²) in [6.45, 7) is 3.53. The smallest absolute Gasteiger partial charge is 0.283 e. The molecule has 2 atom stereocenters. The number of aromatic amines is 1. The van der Waals surface area contributed by atoms with Crippen molar-refractivity contribution in [1.29, 1.82) is 0 Å². The number of nitrogens with zero attached hydrogens (tertiary/aromatic N) is 4. The lowest BCUT2D eigenvalue weighted by Crippen LogP contribution is -2.59. The summed E-state index contributed by atoms with van der Waals surface area (Å²) in [5.74, 6) is -0.706. The highest BCUT2D eigenvalue weighted by atomic mass is 35.5. The molecule has 1 aromatic carbocycles. The predicted molar refractivity (Wildman–Crippen MR) is 154 cm³/mol. The van der Waals surface area contributed by atoms with Crippen molar-refractivity contribution in [3.05, 3.63) is 44.9 Å². The average Bonchev–Trinajstić information content (AvgIpc) is 3.67. The molecule has 0 bridgehead atoms. The lowest BCUT2D eigenvalue weighted by atomic mass is 10.1. The molecule has 5 heterocycles. The van der Waals surface area contributed by atoms with Crippen LogP contribution in [0.5, 0.6) is 0 Å². The molecule has 6 rings (SSSR count). The van der Waals surface area contributed by atoms with Crippen molar-refractivity contribution in [3.8, 4) is 0 Å². The number of amides is 1. The Kier molecular flexibility index (Phi) is 7.47. The summed E-state index contributed by atoms with van der Waals surface area (Å²) in [6.07, 6.45) is 2.29. The van der Waals surface area contributed by atoms with Gasteiger partial charge in [-0.25, -0.2) is 26.1 Å². The standard InChI is InChI=1S/C25H31ClN6O5S3/c1-16-10-21-22(13-27-16)38-24(29-21)25(33)32-9-8-31(14-19(32)15-39(34,35)30-6-2-3-7-30)40(36,37)23-12-17-11-18(26)4-5-20(17)28-23/h4-5,11-12,16,19,27-28H,2-3,6-10,13-15H2,1H3. The summed E-state index contributed by atoms with van der Waals surface area (Å²) in [4.78, 5) is 23.8. The van der Waals surface area contributed by atoms with Gasteiger partial charge in [0.1, 0.15) is 5.03 Å². The van der Waals surface area contributed by atoms with Gasteiger partial charge in [0.15, 0.2) is 5.01 Å². The number of rotatable bonds is 6. The van der Waals surface area contributed by atoms with E-state index in [-0.39, 0.29) is 42.4 Å². The Morgan fingerprint density at radius 1 is 1.10 bits per heavy atom. The van der Waals surface area contributed by atoms with Gasteiger partial charge in [-0.15, -0.1) is 11.3 Å². The van der Waals surface area contributed by atoms with E-state index in [1.165, 1.54) is 30.9 Å². The Balaban J connectivity index is 1.30. The van der Waals surface area contributed by atoms with Crippen LogP contribution in [0.3, 0.4) is 0 Å². The number of thiazole rings is 1. The topological polar surface area (TPSA) is 136 Å². The third kappa shape index (κ3) is 5.30. The molecular formula is C25H31ClN6O5S3. The van der Waals surface area contributed by atoms with E-state index in [0.29, 0.717) is 47.0 Å². The number of H-pyrrole nitrogens is 1. The predicted octanol–water partition coefficient (Wildman–Crippen LogP) is 2.25. The van der Waals surface area contributed by atoms with Crippen molar-refractivity contribution in [2.45, 2.75) is 49.8 Å². The van der Waals surface area contributed by atoms with Crippen LogP contribution in [0.1, 0.15) is 40.1 Å². The van der Waals surface area contributed by atoms with Crippen molar-refractivity contribution < 1.29 is 21.6 Å². The molecule has 2 saturated heterocycles. The Labute approximate surface area is 242 Å². The maximum absolute atomic E-state index is 13.8. The second-order valence-electron chi connectivity index (χ2n) is 10.6. The van der Waals surface area contributed by atoms with Gasteiger partial charge in [-0.1, -0.05) is 11.6 Å². The van der Waals surface area contributed by atoms with Crippen LogP contribution in [0, 0.1) is 0 Å². The highest BCUT2D eigenvalue weighted by Gasteiger charge is 2.41. The molecule has 1 amide bonds.